The first-order valence-electron chi connectivity index (χ1n) is 7.71. The van der Waals surface area contributed by atoms with E-state index in [9.17, 15) is 9.59 Å². The van der Waals surface area contributed by atoms with Gasteiger partial charge in [-0.15, -0.1) is 0 Å². The summed E-state index contributed by atoms with van der Waals surface area (Å²) in [5.41, 5.74) is 0.900. The summed E-state index contributed by atoms with van der Waals surface area (Å²) in [6.07, 6.45) is -0.514. The van der Waals surface area contributed by atoms with Crippen molar-refractivity contribution in [3.8, 4) is 0 Å². The molecule has 0 fully saturated rings. The van der Waals surface area contributed by atoms with E-state index >= 15 is 0 Å². The van der Waals surface area contributed by atoms with Crippen LogP contribution >= 0.6 is 15.9 Å². The summed E-state index contributed by atoms with van der Waals surface area (Å²) >= 11 is 3.32. The largest absolute Gasteiger partial charge is 0.464 e. The second-order valence-corrected chi connectivity index (χ2v) is 6.16. The van der Waals surface area contributed by atoms with Gasteiger partial charge in [-0.2, -0.15) is 0 Å². The van der Waals surface area contributed by atoms with Crippen molar-refractivity contribution in [1.29, 1.82) is 0 Å². The predicted molar refractivity (Wildman–Crippen MR) is 92.4 cm³/mol. The molecular weight excluding hydrogens is 362 g/mol. The molecular formula is C17H24BrNO4. The van der Waals surface area contributed by atoms with Gasteiger partial charge in [0.15, 0.2) is 0 Å². The molecule has 1 rings (SSSR count). The average molecular weight is 386 g/mol. The summed E-state index contributed by atoms with van der Waals surface area (Å²) in [5, 5.41) is 0.552. The standard InChI is InChI=1S/C17H24BrNO4/c1-4-22-16(20)15(13(2)3)19(11-10-18)17(21)23-12-14-8-6-5-7-9-14/h5-9,13,15H,4,10-12H2,1-3H3/t15-/m0/s1. The lowest BCUT2D eigenvalue weighted by atomic mass is 10.0. The Morgan fingerprint density at radius 2 is 1.83 bits per heavy atom. The molecule has 0 radical (unpaired) electrons. The van der Waals surface area contributed by atoms with E-state index in [4.69, 9.17) is 9.47 Å². The van der Waals surface area contributed by atoms with Crippen LogP contribution in [-0.4, -0.2) is 41.5 Å². The smallest absolute Gasteiger partial charge is 0.410 e. The average Bonchev–Trinajstić information content (AvgIpc) is 2.53. The third kappa shape index (κ3) is 6.22. The van der Waals surface area contributed by atoms with Gasteiger partial charge in [-0.05, 0) is 18.4 Å². The maximum absolute atomic E-state index is 12.4. The van der Waals surface area contributed by atoms with E-state index in [-0.39, 0.29) is 19.1 Å². The first kappa shape index (κ1) is 19.5. The number of rotatable bonds is 8. The molecule has 0 saturated heterocycles. The number of carbonyl (C=O) groups excluding carboxylic acids is 2. The van der Waals surface area contributed by atoms with E-state index in [1.165, 1.54) is 4.90 Å². The summed E-state index contributed by atoms with van der Waals surface area (Å²) in [4.78, 5) is 26.1. The molecule has 0 aliphatic rings. The van der Waals surface area contributed by atoms with Gasteiger partial charge >= 0.3 is 12.1 Å². The molecule has 0 bridgehead atoms. The van der Waals surface area contributed by atoms with Gasteiger partial charge in [0.2, 0.25) is 0 Å². The second-order valence-electron chi connectivity index (χ2n) is 5.36. The molecule has 0 N–H and O–H groups in total. The Hall–Kier alpha value is -1.56. The Balaban J connectivity index is 2.80. The summed E-state index contributed by atoms with van der Waals surface area (Å²) in [7, 11) is 0. The fourth-order valence-electron chi connectivity index (χ4n) is 2.22. The predicted octanol–water partition coefficient (Wildman–Crippen LogP) is 3.61. The van der Waals surface area contributed by atoms with Crippen molar-refractivity contribution >= 4 is 28.0 Å². The van der Waals surface area contributed by atoms with Gasteiger partial charge in [0, 0.05) is 11.9 Å². The summed E-state index contributed by atoms with van der Waals surface area (Å²) < 4.78 is 10.5. The van der Waals surface area contributed by atoms with Crippen LogP contribution in [0.4, 0.5) is 4.79 Å². The van der Waals surface area contributed by atoms with E-state index in [1.54, 1.807) is 6.92 Å². The molecule has 128 valence electrons. The van der Waals surface area contributed by atoms with Crippen LogP contribution in [0.1, 0.15) is 26.3 Å². The second kappa shape index (κ2) is 10.3. The molecule has 1 aromatic carbocycles. The molecule has 5 nitrogen and oxygen atoms in total. The molecule has 1 amide bonds. The van der Waals surface area contributed by atoms with Crippen molar-refractivity contribution in [3.05, 3.63) is 35.9 Å². The van der Waals surface area contributed by atoms with Crippen LogP contribution in [0.25, 0.3) is 0 Å². The third-order valence-corrected chi connectivity index (χ3v) is 3.62. The minimum atomic E-state index is -0.657. The number of esters is 1. The first-order valence-corrected chi connectivity index (χ1v) is 8.83. The highest BCUT2D eigenvalue weighted by Gasteiger charge is 2.34. The Morgan fingerprint density at radius 1 is 1.17 bits per heavy atom. The van der Waals surface area contributed by atoms with Crippen molar-refractivity contribution in [3.63, 3.8) is 0 Å². The van der Waals surface area contributed by atoms with Crippen LogP contribution in [0.2, 0.25) is 0 Å². The van der Waals surface area contributed by atoms with Crippen LogP contribution in [0.3, 0.4) is 0 Å². The van der Waals surface area contributed by atoms with Crippen molar-refractivity contribution in [1.82, 2.24) is 4.90 Å². The molecule has 1 aromatic rings. The van der Waals surface area contributed by atoms with E-state index in [0.717, 1.165) is 5.56 Å². The van der Waals surface area contributed by atoms with Crippen LogP contribution in [-0.2, 0) is 20.9 Å². The van der Waals surface area contributed by atoms with Crippen molar-refractivity contribution in [2.45, 2.75) is 33.4 Å². The number of benzene rings is 1. The number of carbonyl (C=O) groups is 2. The highest BCUT2D eigenvalue weighted by molar-refractivity contribution is 9.09. The topological polar surface area (TPSA) is 55.8 Å². The monoisotopic (exact) mass is 385 g/mol. The van der Waals surface area contributed by atoms with Gasteiger partial charge in [-0.1, -0.05) is 60.1 Å². The van der Waals surface area contributed by atoms with Gasteiger partial charge in [0.05, 0.1) is 6.61 Å². The minimum Gasteiger partial charge on any atom is -0.464 e. The Morgan fingerprint density at radius 3 is 2.35 bits per heavy atom. The molecule has 0 aromatic heterocycles. The van der Waals surface area contributed by atoms with E-state index in [1.807, 2.05) is 44.2 Å². The Labute approximate surface area is 146 Å². The lowest BCUT2D eigenvalue weighted by Crippen LogP contribution is -2.49. The normalized spacial score (nSPS) is 11.9. The number of alkyl halides is 1. The highest BCUT2D eigenvalue weighted by Crippen LogP contribution is 2.16. The van der Waals surface area contributed by atoms with Gasteiger partial charge in [0.25, 0.3) is 0 Å². The molecule has 0 saturated carbocycles. The van der Waals surface area contributed by atoms with Crippen LogP contribution < -0.4 is 0 Å². The van der Waals surface area contributed by atoms with Gasteiger partial charge < -0.3 is 9.47 Å². The highest BCUT2D eigenvalue weighted by atomic mass is 79.9. The van der Waals surface area contributed by atoms with Crippen molar-refractivity contribution in [2.75, 3.05) is 18.5 Å². The third-order valence-electron chi connectivity index (χ3n) is 3.26. The quantitative estimate of drug-likeness (QED) is 0.506. The number of hydrogen-bond acceptors (Lipinski definition) is 4. The van der Waals surface area contributed by atoms with Crippen molar-refractivity contribution < 1.29 is 19.1 Å². The maximum Gasteiger partial charge on any atom is 0.410 e. The summed E-state index contributed by atoms with van der Waals surface area (Å²) in [6, 6.07) is 8.78. The van der Waals surface area contributed by atoms with E-state index in [2.05, 4.69) is 15.9 Å². The van der Waals surface area contributed by atoms with Gasteiger partial charge in [-0.3, -0.25) is 4.90 Å². The molecule has 0 aliphatic carbocycles. The zero-order chi connectivity index (χ0) is 17.2. The number of ether oxygens (including phenoxy) is 2. The molecule has 0 unspecified atom stereocenters. The van der Waals surface area contributed by atoms with Gasteiger partial charge in [0.1, 0.15) is 12.6 Å². The number of halogens is 1. The maximum atomic E-state index is 12.4. The zero-order valence-corrected chi connectivity index (χ0v) is 15.4. The number of hydrogen-bond donors (Lipinski definition) is 0. The number of nitrogens with zero attached hydrogens (tertiary/aromatic N) is 1. The lowest BCUT2D eigenvalue weighted by Gasteiger charge is -2.31. The van der Waals surface area contributed by atoms with Crippen molar-refractivity contribution in [2.24, 2.45) is 5.92 Å². The first-order chi connectivity index (χ1) is 11.0. The van der Waals surface area contributed by atoms with E-state index < -0.39 is 18.1 Å². The Kier molecular flexibility index (Phi) is 8.69. The van der Waals surface area contributed by atoms with Gasteiger partial charge in [-0.25, -0.2) is 9.59 Å². The molecule has 0 spiro atoms. The lowest BCUT2D eigenvalue weighted by molar-refractivity contribution is -0.150. The molecule has 23 heavy (non-hydrogen) atoms. The molecule has 0 aliphatic heterocycles. The van der Waals surface area contributed by atoms with E-state index in [0.29, 0.717) is 11.9 Å². The summed E-state index contributed by atoms with van der Waals surface area (Å²) in [5.74, 6) is -0.475. The molecule has 1 atom stereocenters. The minimum absolute atomic E-state index is 0.0719. The fraction of sp³-hybridized carbons (Fsp3) is 0.529. The van der Waals surface area contributed by atoms with Crippen LogP contribution in [0, 0.1) is 5.92 Å². The summed E-state index contributed by atoms with van der Waals surface area (Å²) in [6.45, 7) is 6.34. The Bertz CT molecular complexity index is 493. The SMILES string of the molecule is CCOC(=O)[C@H](C(C)C)N(CCBr)C(=O)OCc1ccccc1. The van der Waals surface area contributed by atoms with Crippen LogP contribution in [0.5, 0.6) is 0 Å². The molecule has 6 heteroatoms. The molecule has 0 heterocycles. The van der Waals surface area contributed by atoms with Crippen LogP contribution in [0.15, 0.2) is 30.3 Å². The fourth-order valence-corrected chi connectivity index (χ4v) is 2.61. The number of amides is 1. The zero-order valence-electron chi connectivity index (χ0n) is 13.8.